The molecule has 0 bridgehead atoms. The molecule has 1 heterocycles. The number of benzene rings is 1. The topological polar surface area (TPSA) is 57.6 Å². The van der Waals surface area contributed by atoms with Crippen LogP contribution in [0.3, 0.4) is 0 Å². The largest absolute Gasteiger partial charge is 0.478 e. The molecule has 0 unspecified atom stereocenters. The van der Waals surface area contributed by atoms with E-state index in [1.807, 2.05) is 30.7 Å². The third-order valence-corrected chi connectivity index (χ3v) is 4.24. The third kappa shape index (κ3) is 4.20. The molecule has 0 aliphatic heterocycles. The van der Waals surface area contributed by atoms with Crippen LogP contribution in [0.5, 0.6) is 0 Å². The van der Waals surface area contributed by atoms with Crippen molar-refractivity contribution in [2.75, 3.05) is 13.1 Å². The van der Waals surface area contributed by atoms with Gasteiger partial charge in [0.2, 0.25) is 0 Å². The second-order valence-corrected chi connectivity index (χ2v) is 6.19. The lowest BCUT2D eigenvalue weighted by Crippen LogP contribution is -2.32. The van der Waals surface area contributed by atoms with Gasteiger partial charge in [-0.15, -0.1) is 0 Å². The van der Waals surface area contributed by atoms with Crippen molar-refractivity contribution in [3.63, 3.8) is 0 Å². The second kappa shape index (κ2) is 7.92. The van der Waals surface area contributed by atoms with Crippen molar-refractivity contribution in [2.24, 2.45) is 0 Å². The van der Waals surface area contributed by atoms with Crippen molar-refractivity contribution < 1.29 is 14.7 Å². The summed E-state index contributed by atoms with van der Waals surface area (Å²) in [4.78, 5) is 25.9. The lowest BCUT2D eigenvalue weighted by molar-refractivity contribution is 0.0697. The summed E-state index contributed by atoms with van der Waals surface area (Å²) in [5.74, 6) is -1.12. The molecule has 23 heavy (non-hydrogen) atoms. The molecular formula is C18H21NO3S. The first kappa shape index (κ1) is 17.2. The van der Waals surface area contributed by atoms with Crippen LogP contribution >= 0.6 is 11.3 Å². The van der Waals surface area contributed by atoms with Gasteiger partial charge < -0.3 is 10.0 Å². The van der Waals surface area contributed by atoms with Gasteiger partial charge in [0.05, 0.1) is 5.56 Å². The average Bonchev–Trinajstić information content (AvgIpc) is 3.08. The molecule has 0 aliphatic carbocycles. The average molecular weight is 331 g/mol. The molecule has 0 atom stereocenters. The third-order valence-electron chi connectivity index (χ3n) is 3.56. The van der Waals surface area contributed by atoms with Crippen LogP contribution in [0.2, 0.25) is 0 Å². The fourth-order valence-electron chi connectivity index (χ4n) is 2.51. The standard InChI is InChI=1S/C18H21NO3S/c1-3-6-19(7-4-2)17(20)15-9-14(13-5-8-23-12-13)10-16(11-15)18(21)22/h5,8-12H,3-4,6-7H2,1-2H3,(H,21,22). The smallest absolute Gasteiger partial charge is 0.335 e. The van der Waals surface area contributed by atoms with Gasteiger partial charge in [-0.25, -0.2) is 4.79 Å². The lowest BCUT2D eigenvalue weighted by atomic mass is 10.0. The van der Waals surface area contributed by atoms with E-state index in [4.69, 9.17) is 0 Å². The molecule has 0 spiro atoms. The van der Waals surface area contributed by atoms with Crippen LogP contribution < -0.4 is 0 Å². The zero-order chi connectivity index (χ0) is 16.8. The SMILES string of the molecule is CCCN(CCC)C(=O)c1cc(C(=O)O)cc(-c2ccsc2)c1. The molecule has 1 N–H and O–H groups in total. The monoisotopic (exact) mass is 331 g/mol. The van der Waals surface area contributed by atoms with Crippen molar-refractivity contribution in [1.82, 2.24) is 4.90 Å². The predicted octanol–water partition coefficient (Wildman–Crippen LogP) is 4.38. The number of nitrogens with zero attached hydrogens (tertiary/aromatic N) is 1. The van der Waals surface area contributed by atoms with Gasteiger partial charge >= 0.3 is 5.97 Å². The Labute approximate surface area is 140 Å². The summed E-state index contributed by atoms with van der Waals surface area (Å²) in [7, 11) is 0. The highest BCUT2D eigenvalue weighted by atomic mass is 32.1. The van der Waals surface area contributed by atoms with Crippen molar-refractivity contribution in [2.45, 2.75) is 26.7 Å². The van der Waals surface area contributed by atoms with E-state index in [1.54, 1.807) is 28.4 Å². The Balaban J connectivity index is 2.44. The van der Waals surface area contributed by atoms with E-state index in [9.17, 15) is 14.7 Å². The summed E-state index contributed by atoms with van der Waals surface area (Å²) in [5, 5.41) is 13.2. The molecule has 2 aromatic rings. The number of thiophene rings is 1. The van der Waals surface area contributed by atoms with Crippen LogP contribution in [0.1, 0.15) is 47.4 Å². The minimum atomic E-state index is -1.02. The van der Waals surface area contributed by atoms with E-state index in [-0.39, 0.29) is 11.5 Å². The van der Waals surface area contributed by atoms with Gasteiger partial charge in [-0.2, -0.15) is 11.3 Å². The number of hydrogen-bond donors (Lipinski definition) is 1. The quantitative estimate of drug-likeness (QED) is 0.819. The number of hydrogen-bond acceptors (Lipinski definition) is 3. The summed E-state index contributed by atoms with van der Waals surface area (Å²) in [6, 6.07) is 6.80. The highest BCUT2D eigenvalue weighted by Gasteiger charge is 2.18. The highest BCUT2D eigenvalue weighted by Crippen LogP contribution is 2.25. The van der Waals surface area contributed by atoms with Crippen LogP contribution in [-0.2, 0) is 0 Å². The summed E-state index contributed by atoms with van der Waals surface area (Å²) < 4.78 is 0. The van der Waals surface area contributed by atoms with Crippen LogP contribution in [0, 0.1) is 0 Å². The Kier molecular flexibility index (Phi) is 5.93. The van der Waals surface area contributed by atoms with E-state index in [2.05, 4.69) is 0 Å². The molecule has 4 nitrogen and oxygen atoms in total. The van der Waals surface area contributed by atoms with Crippen LogP contribution in [0.4, 0.5) is 0 Å². The van der Waals surface area contributed by atoms with Crippen LogP contribution in [-0.4, -0.2) is 35.0 Å². The Morgan fingerprint density at radius 2 is 1.70 bits per heavy atom. The Hall–Kier alpha value is -2.14. The van der Waals surface area contributed by atoms with E-state index in [0.717, 1.165) is 24.0 Å². The Morgan fingerprint density at radius 1 is 1.04 bits per heavy atom. The molecule has 0 saturated heterocycles. The van der Waals surface area contributed by atoms with Crippen molar-refractivity contribution >= 4 is 23.2 Å². The number of carboxylic acids is 1. The van der Waals surface area contributed by atoms with Crippen LogP contribution in [0.15, 0.2) is 35.0 Å². The maximum absolute atomic E-state index is 12.8. The number of carbonyl (C=O) groups is 2. The number of carbonyl (C=O) groups excluding carboxylic acids is 1. The van der Waals surface area contributed by atoms with E-state index >= 15 is 0 Å². The van der Waals surface area contributed by atoms with Crippen molar-refractivity contribution in [3.05, 3.63) is 46.2 Å². The van der Waals surface area contributed by atoms with Crippen LogP contribution in [0.25, 0.3) is 11.1 Å². The Morgan fingerprint density at radius 3 is 2.22 bits per heavy atom. The van der Waals surface area contributed by atoms with E-state index in [0.29, 0.717) is 18.7 Å². The first-order valence-corrected chi connectivity index (χ1v) is 8.71. The summed E-state index contributed by atoms with van der Waals surface area (Å²) >= 11 is 1.54. The maximum atomic E-state index is 12.8. The minimum Gasteiger partial charge on any atom is -0.478 e. The zero-order valence-corrected chi connectivity index (χ0v) is 14.2. The van der Waals surface area contributed by atoms with E-state index < -0.39 is 5.97 Å². The fourth-order valence-corrected chi connectivity index (χ4v) is 3.17. The molecule has 0 radical (unpaired) electrons. The van der Waals surface area contributed by atoms with Gasteiger partial charge in [0, 0.05) is 18.7 Å². The van der Waals surface area contributed by atoms with Gasteiger partial charge in [-0.1, -0.05) is 13.8 Å². The molecular weight excluding hydrogens is 310 g/mol. The summed E-state index contributed by atoms with van der Waals surface area (Å²) in [6.07, 6.45) is 1.75. The molecule has 1 aromatic heterocycles. The maximum Gasteiger partial charge on any atom is 0.335 e. The second-order valence-electron chi connectivity index (χ2n) is 5.41. The normalized spacial score (nSPS) is 10.5. The fraction of sp³-hybridized carbons (Fsp3) is 0.333. The number of rotatable bonds is 7. The van der Waals surface area contributed by atoms with Crippen molar-refractivity contribution in [1.29, 1.82) is 0 Å². The first-order valence-electron chi connectivity index (χ1n) is 7.77. The number of carboxylic acid groups (broad SMARTS) is 1. The first-order chi connectivity index (χ1) is 11.1. The molecule has 1 aromatic carbocycles. The number of aromatic carboxylic acids is 1. The summed E-state index contributed by atoms with van der Waals surface area (Å²) in [5.41, 5.74) is 2.28. The molecule has 122 valence electrons. The van der Waals surface area contributed by atoms with Gasteiger partial charge in [-0.3, -0.25) is 4.79 Å². The van der Waals surface area contributed by atoms with E-state index in [1.165, 1.54) is 6.07 Å². The molecule has 0 fully saturated rings. The number of amides is 1. The predicted molar refractivity (Wildman–Crippen MR) is 93.2 cm³/mol. The molecule has 0 saturated carbocycles. The molecule has 1 amide bonds. The molecule has 2 rings (SSSR count). The highest BCUT2D eigenvalue weighted by molar-refractivity contribution is 7.08. The van der Waals surface area contributed by atoms with Gasteiger partial charge in [0.15, 0.2) is 0 Å². The zero-order valence-electron chi connectivity index (χ0n) is 13.4. The van der Waals surface area contributed by atoms with Gasteiger partial charge in [0.25, 0.3) is 5.91 Å². The molecule has 0 aliphatic rings. The Bertz CT molecular complexity index is 674. The van der Waals surface area contributed by atoms with Gasteiger partial charge in [0.1, 0.15) is 0 Å². The minimum absolute atomic E-state index is 0.103. The lowest BCUT2D eigenvalue weighted by Gasteiger charge is -2.22. The van der Waals surface area contributed by atoms with Crippen molar-refractivity contribution in [3.8, 4) is 11.1 Å². The summed E-state index contributed by atoms with van der Waals surface area (Å²) in [6.45, 7) is 5.41. The van der Waals surface area contributed by atoms with Gasteiger partial charge in [-0.05, 0) is 59.0 Å². The molecule has 5 heteroatoms.